The van der Waals surface area contributed by atoms with Crippen molar-refractivity contribution in [1.82, 2.24) is 0 Å². The summed E-state index contributed by atoms with van der Waals surface area (Å²) in [4.78, 5) is 0. The van der Waals surface area contributed by atoms with Gasteiger partial charge in [0.25, 0.3) is 0 Å². The molecule has 1 heterocycles. The smallest absolute Gasteiger partial charge is 0.164 e. The highest BCUT2D eigenvalue weighted by atomic mass is 127. The highest BCUT2D eigenvalue weighted by Gasteiger charge is 2.08. The molecular weight excluding hydrogens is 257 g/mol. The van der Waals surface area contributed by atoms with Gasteiger partial charge in [0.1, 0.15) is 5.76 Å². The van der Waals surface area contributed by atoms with E-state index < -0.39 is 0 Å². The Morgan fingerprint density at radius 1 is 1.64 bits per heavy atom. The molecule has 0 aliphatic rings. The van der Waals surface area contributed by atoms with Crippen LogP contribution in [0.25, 0.3) is 0 Å². The van der Waals surface area contributed by atoms with Crippen molar-refractivity contribution in [1.29, 1.82) is 0 Å². The molecule has 1 aromatic rings. The van der Waals surface area contributed by atoms with Gasteiger partial charge in [0.2, 0.25) is 0 Å². The van der Waals surface area contributed by atoms with Crippen LogP contribution >= 0.6 is 22.6 Å². The van der Waals surface area contributed by atoms with Crippen LogP contribution in [0.15, 0.2) is 16.5 Å². The SMILES string of the molecule is NC(CCO)c1ccc(I)o1. The second-order valence-electron chi connectivity index (χ2n) is 2.26. The van der Waals surface area contributed by atoms with Crippen LogP contribution in [0, 0.1) is 3.77 Å². The lowest BCUT2D eigenvalue weighted by Crippen LogP contribution is -2.10. The minimum atomic E-state index is -0.177. The third-order valence-electron chi connectivity index (χ3n) is 1.40. The summed E-state index contributed by atoms with van der Waals surface area (Å²) in [5.41, 5.74) is 5.66. The number of furan rings is 1. The van der Waals surface area contributed by atoms with Gasteiger partial charge in [-0.3, -0.25) is 0 Å². The summed E-state index contributed by atoms with van der Waals surface area (Å²) in [5.74, 6) is 0.739. The fraction of sp³-hybridized carbons (Fsp3) is 0.429. The first-order valence-electron chi connectivity index (χ1n) is 3.35. The molecule has 4 heteroatoms. The van der Waals surface area contributed by atoms with Crippen LogP contribution in [0.2, 0.25) is 0 Å². The summed E-state index contributed by atoms with van der Waals surface area (Å²) >= 11 is 2.08. The number of nitrogens with two attached hydrogens (primary N) is 1. The fourth-order valence-corrected chi connectivity index (χ4v) is 1.24. The Bertz CT molecular complexity index is 224. The van der Waals surface area contributed by atoms with Gasteiger partial charge in [-0.1, -0.05) is 0 Å². The van der Waals surface area contributed by atoms with Crippen molar-refractivity contribution < 1.29 is 9.52 Å². The second kappa shape index (κ2) is 4.08. The van der Waals surface area contributed by atoms with Crippen molar-refractivity contribution in [2.75, 3.05) is 6.61 Å². The number of rotatable bonds is 3. The summed E-state index contributed by atoms with van der Waals surface area (Å²) < 4.78 is 6.07. The first kappa shape index (κ1) is 9.02. The largest absolute Gasteiger partial charge is 0.454 e. The summed E-state index contributed by atoms with van der Waals surface area (Å²) in [5, 5.41) is 8.58. The predicted octanol–water partition coefficient (Wildman–Crippen LogP) is 1.27. The lowest BCUT2D eigenvalue weighted by Gasteiger charge is -2.04. The van der Waals surface area contributed by atoms with Gasteiger partial charge in [-0.25, -0.2) is 0 Å². The topological polar surface area (TPSA) is 59.4 Å². The Morgan fingerprint density at radius 2 is 2.36 bits per heavy atom. The number of hydrogen-bond donors (Lipinski definition) is 2. The van der Waals surface area contributed by atoms with Gasteiger partial charge in [-0.05, 0) is 41.1 Å². The average molecular weight is 267 g/mol. The number of aliphatic hydroxyl groups is 1. The fourth-order valence-electron chi connectivity index (χ4n) is 0.809. The van der Waals surface area contributed by atoms with Crippen molar-refractivity contribution in [2.45, 2.75) is 12.5 Å². The van der Waals surface area contributed by atoms with E-state index in [0.29, 0.717) is 6.42 Å². The highest BCUT2D eigenvalue weighted by molar-refractivity contribution is 14.1. The van der Waals surface area contributed by atoms with E-state index in [4.69, 9.17) is 15.3 Å². The van der Waals surface area contributed by atoms with Gasteiger partial charge in [0.05, 0.1) is 6.04 Å². The third kappa shape index (κ3) is 2.46. The summed E-state index contributed by atoms with van der Waals surface area (Å²) in [6.07, 6.45) is 0.545. The molecule has 0 spiro atoms. The maximum atomic E-state index is 8.58. The van der Waals surface area contributed by atoms with Crippen LogP contribution in [-0.2, 0) is 0 Å². The van der Waals surface area contributed by atoms with Crippen LogP contribution < -0.4 is 5.73 Å². The zero-order valence-electron chi connectivity index (χ0n) is 5.96. The molecule has 0 fully saturated rings. The maximum absolute atomic E-state index is 8.58. The van der Waals surface area contributed by atoms with E-state index in [9.17, 15) is 0 Å². The molecule has 0 amide bonds. The van der Waals surface area contributed by atoms with Crippen LogP contribution in [0.1, 0.15) is 18.2 Å². The van der Waals surface area contributed by atoms with Crippen molar-refractivity contribution in [3.63, 3.8) is 0 Å². The van der Waals surface area contributed by atoms with Crippen molar-refractivity contribution in [3.8, 4) is 0 Å². The first-order chi connectivity index (χ1) is 5.24. The molecule has 0 saturated carbocycles. The van der Waals surface area contributed by atoms with E-state index in [-0.39, 0.29) is 12.6 Å². The molecule has 0 bridgehead atoms. The molecule has 0 aliphatic carbocycles. The normalized spacial score (nSPS) is 13.4. The molecule has 0 saturated heterocycles. The Morgan fingerprint density at radius 3 is 2.82 bits per heavy atom. The Kier molecular flexibility index (Phi) is 3.35. The molecule has 62 valence electrons. The van der Waals surface area contributed by atoms with Crippen LogP contribution in [-0.4, -0.2) is 11.7 Å². The number of hydrogen-bond acceptors (Lipinski definition) is 3. The molecule has 1 rings (SSSR count). The summed E-state index contributed by atoms with van der Waals surface area (Å²) in [7, 11) is 0. The van der Waals surface area contributed by atoms with Gasteiger partial charge in [-0.2, -0.15) is 0 Å². The van der Waals surface area contributed by atoms with E-state index in [1.807, 2.05) is 12.1 Å². The molecule has 1 atom stereocenters. The monoisotopic (exact) mass is 267 g/mol. The number of halogens is 1. The third-order valence-corrected chi connectivity index (χ3v) is 1.98. The van der Waals surface area contributed by atoms with Crippen molar-refractivity contribution in [2.24, 2.45) is 5.73 Å². The summed E-state index contributed by atoms with van der Waals surface area (Å²) in [6.45, 7) is 0.0957. The van der Waals surface area contributed by atoms with Crippen molar-refractivity contribution >= 4 is 22.6 Å². The second-order valence-corrected chi connectivity index (χ2v) is 3.32. The van der Waals surface area contributed by atoms with Crippen molar-refractivity contribution in [3.05, 3.63) is 21.7 Å². The lowest BCUT2D eigenvalue weighted by molar-refractivity contribution is 0.268. The standard InChI is InChI=1S/C7H10INO2/c8-7-2-1-6(11-7)5(9)3-4-10/h1-2,5,10H,3-4,9H2. The minimum absolute atomic E-state index is 0.0957. The zero-order valence-corrected chi connectivity index (χ0v) is 8.11. The molecule has 1 aromatic heterocycles. The molecule has 0 aliphatic heterocycles. The number of aliphatic hydroxyl groups excluding tert-OH is 1. The zero-order chi connectivity index (χ0) is 8.27. The maximum Gasteiger partial charge on any atom is 0.164 e. The van der Waals surface area contributed by atoms with Crippen LogP contribution in [0.3, 0.4) is 0 Å². The Hall–Kier alpha value is -0.0700. The quantitative estimate of drug-likeness (QED) is 0.811. The lowest BCUT2D eigenvalue weighted by atomic mass is 10.2. The first-order valence-corrected chi connectivity index (χ1v) is 4.43. The predicted molar refractivity (Wildman–Crippen MR) is 50.1 cm³/mol. The van der Waals surface area contributed by atoms with Gasteiger partial charge < -0.3 is 15.3 Å². The van der Waals surface area contributed by atoms with Gasteiger partial charge in [-0.15, -0.1) is 0 Å². The van der Waals surface area contributed by atoms with Crippen LogP contribution in [0.4, 0.5) is 0 Å². The van der Waals surface area contributed by atoms with E-state index in [0.717, 1.165) is 9.53 Å². The van der Waals surface area contributed by atoms with E-state index in [1.54, 1.807) is 0 Å². The Labute approximate surface area is 78.7 Å². The average Bonchev–Trinajstić information content (AvgIpc) is 2.36. The highest BCUT2D eigenvalue weighted by Crippen LogP contribution is 2.17. The Balaban J connectivity index is 2.60. The molecule has 0 aromatic carbocycles. The van der Waals surface area contributed by atoms with E-state index in [1.165, 1.54) is 0 Å². The van der Waals surface area contributed by atoms with E-state index in [2.05, 4.69) is 22.6 Å². The molecule has 0 radical (unpaired) electrons. The van der Waals surface area contributed by atoms with Gasteiger partial charge in [0.15, 0.2) is 3.77 Å². The van der Waals surface area contributed by atoms with Gasteiger partial charge >= 0.3 is 0 Å². The van der Waals surface area contributed by atoms with Gasteiger partial charge in [0, 0.05) is 6.61 Å². The molecule has 3 nitrogen and oxygen atoms in total. The molecule has 3 N–H and O–H groups in total. The molecule has 1 unspecified atom stereocenters. The summed E-state index contributed by atoms with van der Waals surface area (Å²) in [6, 6.07) is 3.51. The van der Waals surface area contributed by atoms with Crippen LogP contribution in [0.5, 0.6) is 0 Å². The molecule has 11 heavy (non-hydrogen) atoms. The minimum Gasteiger partial charge on any atom is -0.454 e. The van der Waals surface area contributed by atoms with E-state index >= 15 is 0 Å². The molecular formula is C7H10INO2.